The lowest BCUT2D eigenvalue weighted by Crippen LogP contribution is -2.29. The molecule has 0 radical (unpaired) electrons. The highest BCUT2D eigenvalue weighted by Crippen LogP contribution is 2.17. The van der Waals surface area contributed by atoms with E-state index < -0.39 is 0 Å². The number of thioether (sulfide) groups is 1. The summed E-state index contributed by atoms with van der Waals surface area (Å²) in [7, 11) is 0. The molecule has 1 aliphatic heterocycles. The lowest BCUT2D eigenvalue weighted by atomic mass is 10.1. The maximum Gasteiger partial charge on any atom is 0.287 e. The molecule has 2 heterocycles. The molecule has 92 valence electrons. The Kier molecular flexibility index (Phi) is 4.28. The molecule has 5 heteroatoms. The Balaban J connectivity index is 1.86. The van der Waals surface area contributed by atoms with Gasteiger partial charge in [-0.25, -0.2) is 0 Å². The van der Waals surface area contributed by atoms with Gasteiger partial charge in [-0.15, -0.1) is 0 Å². The molecule has 0 aromatic carbocycles. The van der Waals surface area contributed by atoms with Crippen LogP contribution in [0.1, 0.15) is 17.0 Å². The first-order valence-corrected chi connectivity index (χ1v) is 6.82. The quantitative estimate of drug-likeness (QED) is 0.632. The normalized spacial score (nSPS) is 15.5. The zero-order valence-electron chi connectivity index (χ0n) is 9.79. The van der Waals surface area contributed by atoms with Gasteiger partial charge in [0.05, 0.1) is 0 Å². The van der Waals surface area contributed by atoms with Crippen LogP contribution in [-0.4, -0.2) is 31.8 Å². The van der Waals surface area contributed by atoms with E-state index in [0.717, 1.165) is 24.6 Å². The molecule has 1 aromatic rings. The molecule has 0 fully saturated rings. The molecular weight excluding hydrogens is 236 g/mol. The second-order valence-corrected chi connectivity index (χ2v) is 4.63. The summed E-state index contributed by atoms with van der Waals surface area (Å²) in [5.74, 6) is 0.230. The van der Waals surface area contributed by atoms with Gasteiger partial charge in [-0.05, 0) is 31.4 Å². The fraction of sp³-hybridized carbons (Fsp3) is 0.417. The first-order valence-electron chi connectivity index (χ1n) is 5.60. The maximum atomic E-state index is 11.8. The molecule has 2 N–H and O–H groups in total. The second kappa shape index (κ2) is 5.93. The van der Waals surface area contributed by atoms with Crippen LogP contribution in [0.2, 0.25) is 0 Å². The Morgan fingerprint density at radius 2 is 2.47 bits per heavy atom. The second-order valence-electron chi connectivity index (χ2n) is 3.82. The van der Waals surface area contributed by atoms with Crippen molar-refractivity contribution in [1.82, 2.24) is 10.6 Å². The highest BCUT2D eigenvalue weighted by molar-refractivity contribution is 7.98. The highest BCUT2D eigenvalue weighted by atomic mass is 32.2. The summed E-state index contributed by atoms with van der Waals surface area (Å²) in [5, 5.41) is 6.86. The van der Waals surface area contributed by atoms with Gasteiger partial charge in [-0.1, -0.05) is 23.4 Å². The Bertz CT molecular complexity index is 426. The van der Waals surface area contributed by atoms with Gasteiger partial charge in [-0.3, -0.25) is 4.79 Å². The van der Waals surface area contributed by atoms with Crippen LogP contribution in [0.25, 0.3) is 0 Å². The van der Waals surface area contributed by atoms with Gasteiger partial charge in [0.25, 0.3) is 5.91 Å². The molecule has 17 heavy (non-hydrogen) atoms. The molecule has 1 aliphatic rings. The SMILES string of the molecule is CSc1ccc(C(=O)NCC2=CCNCC2)o1. The molecule has 1 aromatic heterocycles. The van der Waals surface area contributed by atoms with Crippen molar-refractivity contribution in [1.29, 1.82) is 0 Å². The van der Waals surface area contributed by atoms with Crippen molar-refractivity contribution in [2.45, 2.75) is 11.5 Å². The van der Waals surface area contributed by atoms with Crippen LogP contribution in [0.5, 0.6) is 0 Å². The summed E-state index contributed by atoms with van der Waals surface area (Å²) in [6.07, 6.45) is 5.04. The van der Waals surface area contributed by atoms with Crippen molar-refractivity contribution in [3.63, 3.8) is 0 Å². The van der Waals surface area contributed by atoms with E-state index in [1.807, 2.05) is 12.3 Å². The predicted octanol–water partition coefficient (Wildman–Crippen LogP) is 1.65. The van der Waals surface area contributed by atoms with Crippen LogP contribution in [0.3, 0.4) is 0 Å². The van der Waals surface area contributed by atoms with Crippen LogP contribution in [0.4, 0.5) is 0 Å². The van der Waals surface area contributed by atoms with Gasteiger partial charge in [0.2, 0.25) is 0 Å². The molecule has 0 aliphatic carbocycles. The van der Waals surface area contributed by atoms with Gasteiger partial charge >= 0.3 is 0 Å². The molecule has 0 atom stereocenters. The number of nitrogens with one attached hydrogen (secondary N) is 2. The third kappa shape index (κ3) is 3.38. The third-order valence-electron chi connectivity index (χ3n) is 2.64. The fourth-order valence-electron chi connectivity index (χ4n) is 1.66. The molecule has 4 nitrogen and oxygen atoms in total. The van der Waals surface area contributed by atoms with E-state index in [1.165, 1.54) is 17.3 Å². The highest BCUT2D eigenvalue weighted by Gasteiger charge is 2.11. The number of amides is 1. The number of hydrogen-bond acceptors (Lipinski definition) is 4. The van der Waals surface area contributed by atoms with E-state index in [1.54, 1.807) is 6.07 Å². The summed E-state index contributed by atoms with van der Waals surface area (Å²) in [5.41, 5.74) is 1.27. The van der Waals surface area contributed by atoms with Gasteiger partial charge in [0, 0.05) is 13.1 Å². The van der Waals surface area contributed by atoms with Crippen molar-refractivity contribution >= 4 is 17.7 Å². The summed E-state index contributed by atoms with van der Waals surface area (Å²) >= 11 is 1.49. The third-order valence-corrected chi connectivity index (χ3v) is 3.26. The first kappa shape index (κ1) is 12.3. The summed E-state index contributed by atoms with van der Waals surface area (Å²) in [6, 6.07) is 3.52. The van der Waals surface area contributed by atoms with E-state index in [-0.39, 0.29) is 5.91 Å². The van der Waals surface area contributed by atoms with Crippen molar-refractivity contribution in [3.05, 3.63) is 29.5 Å². The average molecular weight is 252 g/mol. The lowest BCUT2D eigenvalue weighted by molar-refractivity contribution is 0.0924. The monoisotopic (exact) mass is 252 g/mol. The van der Waals surface area contributed by atoms with Crippen LogP contribution in [0.15, 0.2) is 33.3 Å². The Morgan fingerprint density at radius 3 is 3.12 bits per heavy atom. The van der Waals surface area contributed by atoms with E-state index in [9.17, 15) is 4.79 Å². The van der Waals surface area contributed by atoms with Gasteiger partial charge in [-0.2, -0.15) is 0 Å². The minimum absolute atomic E-state index is 0.148. The molecule has 0 unspecified atom stereocenters. The Morgan fingerprint density at radius 1 is 1.59 bits per heavy atom. The van der Waals surface area contributed by atoms with E-state index in [4.69, 9.17) is 4.42 Å². The minimum Gasteiger partial charge on any atom is -0.445 e. The topological polar surface area (TPSA) is 54.3 Å². The smallest absolute Gasteiger partial charge is 0.287 e. The lowest BCUT2D eigenvalue weighted by Gasteiger charge is -2.14. The Hall–Kier alpha value is -1.20. The van der Waals surface area contributed by atoms with E-state index in [0.29, 0.717) is 12.3 Å². The van der Waals surface area contributed by atoms with Crippen molar-refractivity contribution in [3.8, 4) is 0 Å². The zero-order chi connectivity index (χ0) is 12.1. The van der Waals surface area contributed by atoms with Crippen LogP contribution in [-0.2, 0) is 0 Å². The van der Waals surface area contributed by atoms with Gasteiger partial charge in [0.1, 0.15) is 0 Å². The molecule has 2 rings (SSSR count). The summed E-state index contributed by atoms with van der Waals surface area (Å²) < 4.78 is 5.35. The number of furan rings is 1. The maximum absolute atomic E-state index is 11.8. The Labute approximate surface area is 105 Å². The van der Waals surface area contributed by atoms with E-state index in [2.05, 4.69) is 16.7 Å². The zero-order valence-corrected chi connectivity index (χ0v) is 10.6. The van der Waals surface area contributed by atoms with Crippen LogP contribution >= 0.6 is 11.8 Å². The van der Waals surface area contributed by atoms with Crippen molar-refractivity contribution in [2.24, 2.45) is 0 Å². The molecule has 0 saturated carbocycles. The number of rotatable bonds is 4. The van der Waals surface area contributed by atoms with Crippen molar-refractivity contribution < 1.29 is 9.21 Å². The minimum atomic E-state index is -0.148. The number of carbonyl (C=O) groups excluding carboxylic acids is 1. The van der Waals surface area contributed by atoms with Crippen LogP contribution < -0.4 is 10.6 Å². The molecule has 0 saturated heterocycles. The molecular formula is C12H16N2O2S. The van der Waals surface area contributed by atoms with Crippen molar-refractivity contribution in [2.75, 3.05) is 25.9 Å². The number of hydrogen-bond donors (Lipinski definition) is 2. The predicted molar refractivity (Wildman–Crippen MR) is 68.4 cm³/mol. The summed E-state index contributed by atoms with van der Waals surface area (Å²) in [6.45, 7) is 2.48. The van der Waals surface area contributed by atoms with E-state index >= 15 is 0 Å². The molecule has 0 bridgehead atoms. The van der Waals surface area contributed by atoms with Gasteiger partial charge < -0.3 is 15.1 Å². The number of carbonyl (C=O) groups is 1. The fourth-order valence-corrected chi connectivity index (χ4v) is 2.04. The van der Waals surface area contributed by atoms with Crippen LogP contribution in [0, 0.1) is 0 Å². The summed E-state index contributed by atoms with van der Waals surface area (Å²) in [4.78, 5) is 11.8. The molecule has 0 spiro atoms. The largest absolute Gasteiger partial charge is 0.445 e. The first-order chi connectivity index (χ1) is 8.29. The standard InChI is InChI=1S/C12H16N2O2S/c1-17-11-3-2-10(16-11)12(15)14-8-9-4-6-13-7-5-9/h2-4,13H,5-8H2,1H3,(H,14,15). The van der Waals surface area contributed by atoms with Gasteiger partial charge in [0.15, 0.2) is 10.9 Å². The average Bonchev–Trinajstić information content (AvgIpc) is 2.86. The molecule has 1 amide bonds.